The number of nitrogens with zero attached hydrogens (tertiary/aromatic N) is 2. The molecule has 0 aliphatic heterocycles. The number of hydrogen-bond acceptors (Lipinski definition) is 6. The van der Waals surface area contributed by atoms with Gasteiger partial charge in [-0.2, -0.15) is 0 Å². The van der Waals surface area contributed by atoms with E-state index in [2.05, 4.69) is 15.5 Å². The van der Waals surface area contributed by atoms with E-state index < -0.39 is 12.1 Å². The minimum Gasteiger partial charge on any atom is -0.453 e. The second kappa shape index (κ2) is 8.75. The molecule has 0 radical (unpaired) electrons. The molecule has 0 spiro atoms. The number of rotatable bonds is 7. The number of amides is 1. The van der Waals surface area contributed by atoms with Crippen molar-refractivity contribution in [1.29, 1.82) is 0 Å². The van der Waals surface area contributed by atoms with Crippen LogP contribution < -0.4 is 5.32 Å². The Morgan fingerprint density at radius 1 is 1.04 bits per heavy atom. The topological polar surface area (TPSA) is 94.3 Å². The highest BCUT2D eigenvalue weighted by atomic mass is 16.6. The van der Waals surface area contributed by atoms with Crippen molar-refractivity contribution in [2.24, 2.45) is 0 Å². The monoisotopic (exact) mass is 365 g/mol. The maximum Gasteiger partial charge on any atom is 0.308 e. The lowest BCUT2D eigenvalue weighted by Crippen LogP contribution is -2.26. The van der Waals surface area contributed by atoms with Gasteiger partial charge in [0.25, 0.3) is 11.8 Å². The molecule has 7 nitrogen and oxygen atoms in total. The Morgan fingerprint density at radius 3 is 2.41 bits per heavy atom. The molecule has 0 bridgehead atoms. The van der Waals surface area contributed by atoms with Gasteiger partial charge in [0.05, 0.1) is 6.42 Å². The molecule has 1 atom stereocenters. The van der Waals surface area contributed by atoms with E-state index in [0.29, 0.717) is 11.5 Å². The van der Waals surface area contributed by atoms with Crippen molar-refractivity contribution >= 4 is 11.9 Å². The van der Waals surface area contributed by atoms with Crippen LogP contribution in [0.4, 0.5) is 0 Å². The SMILES string of the molecule is C[C@@H](OC(=O)CCNC(=O)c1ccccc1)c1nnc(-c2ccccc2)o1. The average molecular weight is 365 g/mol. The number of ether oxygens (including phenoxy) is 1. The number of carbonyl (C=O) groups excluding carboxylic acids is 2. The zero-order valence-corrected chi connectivity index (χ0v) is 14.8. The van der Waals surface area contributed by atoms with Crippen LogP contribution in [0.3, 0.4) is 0 Å². The highest BCUT2D eigenvalue weighted by Gasteiger charge is 2.19. The van der Waals surface area contributed by atoms with Crippen molar-refractivity contribution in [3.8, 4) is 11.5 Å². The van der Waals surface area contributed by atoms with Gasteiger partial charge in [-0.3, -0.25) is 9.59 Å². The Morgan fingerprint density at radius 2 is 1.70 bits per heavy atom. The second-order valence-electron chi connectivity index (χ2n) is 5.82. The van der Waals surface area contributed by atoms with Gasteiger partial charge in [-0.05, 0) is 31.2 Å². The molecule has 1 amide bonds. The molecule has 3 aromatic rings. The summed E-state index contributed by atoms with van der Waals surface area (Å²) in [5, 5.41) is 10.6. The molecule has 2 aromatic carbocycles. The van der Waals surface area contributed by atoms with Crippen LogP contribution in [0.15, 0.2) is 65.1 Å². The van der Waals surface area contributed by atoms with Gasteiger partial charge in [-0.1, -0.05) is 36.4 Å². The van der Waals surface area contributed by atoms with Crippen LogP contribution in [0.2, 0.25) is 0 Å². The summed E-state index contributed by atoms with van der Waals surface area (Å²) in [5.74, 6) is -0.115. The Balaban J connectivity index is 1.47. The minimum absolute atomic E-state index is 0.0442. The van der Waals surface area contributed by atoms with Crippen LogP contribution in [-0.4, -0.2) is 28.6 Å². The zero-order chi connectivity index (χ0) is 19.1. The van der Waals surface area contributed by atoms with E-state index in [-0.39, 0.29) is 24.8 Å². The molecule has 27 heavy (non-hydrogen) atoms. The van der Waals surface area contributed by atoms with E-state index in [1.807, 2.05) is 36.4 Å². The number of nitrogens with one attached hydrogen (secondary N) is 1. The van der Waals surface area contributed by atoms with E-state index in [4.69, 9.17) is 9.15 Å². The third kappa shape index (κ3) is 5.01. The third-order valence-corrected chi connectivity index (χ3v) is 3.77. The molecule has 138 valence electrons. The lowest BCUT2D eigenvalue weighted by Gasteiger charge is -2.10. The van der Waals surface area contributed by atoms with Gasteiger partial charge in [-0.15, -0.1) is 10.2 Å². The van der Waals surface area contributed by atoms with E-state index in [9.17, 15) is 9.59 Å². The molecule has 1 N–H and O–H groups in total. The lowest BCUT2D eigenvalue weighted by atomic mass is 10.2. The predicted octanol–water partition coefficient (Wildman–Crippen LogP) is 3.16. The standard InChI is InChI=1S/C20H19N3O4/c1-14(19-22-23-20(27-19)16-10-6-3-7-11-16)26-17(24)12-13-21-18(25)15-8-4-2-5-9-15/h2-11,14H,12-13H2,1H3,(H,21,25)/t14-/m1/s1. The molecule has 3 rings (SSSR count). The van der Waals surface area contributed by atoms with Gasteiger partial charge in [0, 0.05) is 17.7 Å². The Kier molecular flexibility index (Phi) is 5.94. The van der Waals surface area contributed by atoms with Crippen LogP contribution in [-0.2, 0) is 9.53 Å². The van der Waals surface area contributed by atoms with Gasteiger partial charge in [0.2, 0.25) is 5.89 Å². The molecular weight excluding hydrogens is 346 g/mol. The number of aromatic nitrogens is 2. The first-order chi connectivity index (χ1) is 13.1. The average Bonchev–Trinajstić information content (AvgIpc) is 3.20. The number of benzene rings is 2. The van der Waals surface area contributed by atoms with Crippen molar-refractivity contribution in [1.82, 2.24) is 15.5 Å². The molecule has 0 aliphatic rings. The van der Waals surface area contributed by atoms with E-state index in [1.165, 1.54) is 0 Å². The maximum atomic E-state index is 12.0. The molecule has 0 aliphatic carbocycles. The molecule has 7 heteroatoms. The largest absolute Gasteiger partial charge is 0.453 e. The molecule has 0 saturated carbocycles. The molecule has 0 unspecified atom stereocenters. The van der Waals surface area contributed by atoms with Crippen molar-refractivity contribution in [3.63, 3.8) is 0 Å². The van der Waals surface area contributed by atoms with E-state index in [1.54, 1.807) is 31.2 Å². The van der Waals surface area contributed by atoms with Crippen molar-refractivity contribution in [3.05, 3.63) is 72.1 Å². The summed E-state index contributed by atoms with van der Waals surface area (Å²) < 4.78 is 10.9. The van der Waals surface area contributed by atoms with E-state index in [0.717, 1.165) is 5.56 Å². The smallest absolute Gasteiger partial charge is 0.308 e. The van der Waals surface area contributed by atoms with Crippen molar-refractivity contribution < 1.29 is 18.7 Å². The molecule has 1 heterocycles. The highest BCUT2D eigenvalue weighted by Crippen LogP contribution is 2.22. The molecule has 0 fully saturated rings. The first-order valence-electron chi connectivity index (χ1n) is 8.55. The van der Waals surface area contributed by atoms with Crippen LogP contribution in [0.1, 0.15) is 35.7 Å². The maximum absolute atomic E-state index is 12.0. The summed E-state index contributed by atoms with van der Waals surface area (Å²) in [6.45, 7) is 1.83. The predicted molar refractivity (Wildman–Crippen MR) is 97.6 cm³/mol. The Labute approximate surface area is 156 Å². The fourth-order valence-electron chi connectivity index (χ4n) is 2.37. The van der Waals surface area contributed by atoms with Gasteiger partial charge >= 0.3 is 5.97 Å². The quantitative estimate of drug-likeness (QED) is 0.646. The molecule has 1 aromatic heterocycles. The third-order valence-electron chi connectivity index (χ3n) is 3.77. The number of hydrogen-bond donors (Lipinski definition) is 1. The summed E-state index contributed by atoms with van der Waals surface area (Å²) in [7, 11) is 0. The summed E-state index contributed by atoms with van der Waals surface area (Å²) in [6, 6.07) is 18.1. The van der Waals surface area contributed by atoms with Crippen LogP contribution in [0.5, 0.6) is 0 Å². The lowest BCUT2D eigenvalue weighted by molar-refractivity contribution is -0.149. The van der Waals surface area contributed by atoms with Gasteiger partial charge in [0.15, 0.2) is 6.10 Å². The van der Waals surface area contributed by atoms with Gasteiger partial charge < -0.3 is 14.5 Å². The Hall–Kier alpha value is -3.48. The van der Waals surface area contributed by atoms with Crippen molar-refractivity contribution in [2.75, 3.05) is 6.54 Å². The summed E-state index contributed by atoms with van der Waals surface area (Å²) >= 11 is 0. The van der Waals surface area contributed by atoms with Crippen LogP contribution in [0, 0.1) is 0 Å². The van der Waals surface area contributed by atoms with E-state index >= 15 is 0 Å². The first kappa shape index (κ1) is 18.3. The molecule has 0 saturated heterocycles. The highest BCUT2D eigenvalue weighted by molar-refractivity contribution is 5.94. The van der Waals surface area contributed by atoms with Gasteiger partial charge in [-0.25, -0.2) is 0 Å². The summed E-state index contributed by atoms with van der Waals surface area (Å²) in [5.41, 5.74) is 1.33. The van der Waals surface area contributed by atoms with Crippen LogP contribution in [0.25, 0.3) is 11.5 Å². The fourth-order valence-corrected chi connectivity index (χ4v) is 2.37. The summed E-state index contributed by atoms with van der Waals surface area (Å²) in [6.07, 6.45) is -0.630. The van der Waals surface area contributed by atoms with Crippen molar-refractivity contribution in [2.45, 2.75) is 19.4 Å². The first-order valence-corrected chi connectivity index (χ1v) is 8.55. The zero-order valence-electron chi connectivity index (χ0n) is 14.8. The number of carbonyl (C=O) groups is 2. The Bertz CT molecular complexity index is 894. The fraction of sp³-hybridized carbons (Fsp3) is 0.200. The minimum atomic E-state index is -0.674. The normalized spacial score (nSPS) is 11.6. The number of esters is 1. The van der Waals surface area contributed by atoms with Crippen LogP contribution >= 0.6 is 0 Å². The second-order valence-corrected chi connectivity index (χ2v) is 5.82. The van der Waals surface area contributed by atoms with Gasteiger partial charge in [0.1, 0.15) is 0 Å². The summed E-state index contributed by atoms with van der Waals surface area (Å²) in [4.78, 5) is 23.9. The molecular formula is C20H19N3O4.